The van der Waals surface area contributed by atoms with Gasteiger partial charge in [-0.15, -0.1) is 13.2 Å². The van der Waals surface area contributed by atoms with Crippen LogP contribution in [0.25, 0.3) is 0 Å². The zero-order chi connectivity index (χ0) is 16.8. The number of para-hydroxylation sites is 1. The van der Waals surface area contributed by atoms with E-state index in [1.54, 1.807) is 29.2 Å². The van der Waals surface area contributed by atoms with Gasteiger partial charge in [0.05, 0.1) is 17.7 Å². The highest BCUT2D eigenvalue weighted by atomic mass is 16.6. The first-order valence-electron chi connectivity index (χ1n) is 7.26. The number of carbonyl (C=O) groups excluding carboxylic acids is 2. The smallest absolute Gasteiger partial charge is 0.258 e. The van der Waals surface area contributed by atoms with Crippen molar-refractivity contribution >= 4 is 11.8 Å². The molecule has 0 aliphatic carbocycles. The maximum atomic E-state index is 12.7. The second-order valence-corrected chi connectivity index (χ2v) is 5.10. The molecule has 0 radical (unpaired) electrons. The summed E-state index contributed by atoms with van der Waals surface area (Å²) in [6.45, 7) is 8.89. The van der Waals surface area contributed by atoms with Crippen molar-refractivity contribution in [1.29, 1.82) is 0 Å². The van der Waals surface area contributed by atoms with E-state index in [-0.39, 0.29) is 35.5 Å². The largest absolute Gasteiger partial charge is 0.489 e. The van der Waals surface area contributed by atoms with Crippen LogP contribution in [0.4, 0.5) is 0 Å². The number of nitrogens with zero attached hydrogens (tertiary/aromatic N) is 1. The van der Waals surface area contributed by atoms with Crippen molar-refractivity contribution in [3.05, 3.63) is 54.6 Å². The molecule has 6 heteroatoms. The Morgan fingerprint density at radius 3 is 2.43 bits per heavy atom. The van der Waals surface area contributed by atoms with E-state index in [1.165, 1.54) is 6.07 Å². The number of nitrogens with two attached hydrogens (primary N) is 1. The second kappa shape index (κ2) is 7.60. The van der Waals surface area contributed by atoms with Crippen molar-refractivity contribution < 1.29 is 19.1 Å². The maximum Gasteiger partial charge on any atom is 0.258 e. The first-order chi connectivity index (χ1) is 11.1. The molecule has 1 aromatic rings. The average molecular weight is 316 g/mol. The molecular weight excluding hydrogens is 296 g/mol. The molecule has 23 heavy (non-hydrogen) atoms. The van der Waals surface area contributed by atoms with Crippen molar-refractivity contribution in [3.63, 3.8) is 0 Å². The van der Waals surface area contributed by atoms with Crippen LogP contribution in [0.15, 0.2) is 43.5 Å². The van der Waals surface area contributed by atoms with E-state index in [0.717, 1.165) is 0 Å². The summed E-state index contributed by atoms with van der Waals surface area (Å²) in [7, 11) is 0. The number of benzene rings is 1. The van der Waals surface area contributed by atoms with Gasteiger partial charge in [-0.3, -0.25) is 9.59 Å². The third kappa shape index (κ3) is 4.20. The Labute approximate surface area is 135 Å². The molecule has 2 N–H and O–H groups in total. The van der Waals surface area contributed by atoms with Gasteiger partial charge in [-0.1, -0.05) is 18.2 Å². The number of primary amides is 1. The quantitative estimate of drug-likeness (QED) is 0.551. The van der Waals surface area contributed by atoms with Gasteiger partial charge in [0.15, 0.2) is 0 Å². The summed E-state index contributed by atoms with van der Waals surface area (Å²) in [6, 6.07) is 4.75. The van der Waals surface area contributed by atoms with E-state index < -0.39 is 5.91 Å². The van der Waals surface area contributed by atoms with Crippen LogP contribution in [-0.2, 0) is 4.74 Å². The molecule has 2 amide bonds. The van der Waals surface area contributed by atoms with E-state index in [9.17, 15) is 9.59 Å². The van der Waals surface area contributed by atoms with Crippen LogP contribution in [0, 0.1) is 0 Å². The Kier molecular flexibility index (Phi) is 5.54. The Hall–Kier alpha value is -2.60. The predicted molar refractivity (Wildman–Crippen MR) is 86.5 cm³/mol. The van der Waals surface area contributed by atoms with Gasteiger partial charge in [0, 0.05) is 13.1 Å². The van der Waals surface area contributed by atoms with Crippen molar-refractivity contribution in [1.82, 2.24) is 4.90 Å². The highest BCUT2D eigenvalue weighted by molar-refractivity contribution is 6.03. The number of carbonyl (C=O) groups is 2. The fraction of sp³-hybridized carbons (Fsp3) is 0.294. The lowest BCUT2D eigenvalue weighted by molar-refractivity contribution is 0.0785. The first-order valence-corrected chi connectivity index (χ1v) is 7.26. The van der Waals surface area contributed by atoms with E-state index in [1.807, 2.05) is 0 Å². The summed E-state index contributed by atoms with van der Waals surface area (Å²) in [5, 5.41) is 0. The molecule has 1 saturated heterocycles. The average Bonchev–Trinajstić information content (AvgIpc) is 3.36. The molecule has 1 fully saturated rings. The van der Waals surface area contributed by atoms with E-state index in [0.29, 0.717) is 19.7 Å². The normalized spacial score (nSPS) is 15.6. The summed E-state index contributed by atoms with van der Waals surface area (Å²) in [5.74, 6) is -0.733. The summed E-state index contributed by atoms with van der Waals surface area (Å²) >= 11 is 0. The SMILES string of the molecule is C=CCN(CC=C)C(=O)c1cccc(C(N)=O)c1OCC1CO1. The first kappa shape index (κ1) is 16.8. The molecule has 1 aromatic carbocycles. The molecule has 1 aliphatic rings. The van der Waals surface area contributed by atoms with Crippen LogP contribution >= 0.6 is 0 Å². The van der Waals surface area contributed by atoms with Gasteiger partial charge in [-0.05, 0) is 12.1 Å². The van der Waals surface area contributed by atoms with Crippen molar-refractivity contribution in [3.8, 4) is 5.75 Å². The summed E-state index contributed by atoms with van der Waals surface area (Å²) < 4.78 is 10.7. The minimum absolute atomic E-state index is 0.00339. The van der Waals surface area contributed by atoms with Crippen LogP contribution in [0.1, 0.15) is 20.7 Å². The molecule has 0 spiro atoms. The molecule has 0 aromatic heterocycles. The minimum Gasteiger partial charge on any atom is -0.489 e. The standard InChI is InChI=1S/C17H20N2O4/c1-3-8-19(9-4-2)17(21)14-7-5-6-13(16(18)20)15(14)23-11-12-10-22-12/h3-7,12H,1-2,8-11H2,(H2,18,20). The summed E-state index contributed by atoms with van der Waals surface area (Å²) in [5.41, 5.74) is 5.85. The molecule has 2 rings (SSSR count). The monoisotopic (exact) mass is 316 g/mol. The van der Waals surface area contributed by atoms with Crippen LogP contribution < -0.4 is 10.5 Å². The summed E-state index contributed by atoms with van der Waals surface area (Å²) in [4.78, 5) is 25.9. The molecule has 1 atom stereocenters. The fourth-order valence-electron chi connectivity index (χ4n) is 2.12. The molecule has 1 aliphatic heterocycles. The Morgan fingerprint density at radius 1 is 1.30 bits per heavy atom. The number of hydrogen-bond donors (Lipinski definition) is 1. The third-order valence-electron chi connectivity index (χ3n) is 3.31. The predicted octanol–water partition coefficient (Wildman–Crippen LogP) is 1.38. The third-order valence-corrected chi connectivity index (χ3v) is 3.31. The fourth-order valence-corrected chi connectivity index (χ4v) is 2.12. The maximum absolute atomic E-state index is 12.7. The van der Waals surface area contributed by atoms with Crippen molar-refractivity contribution in [2.45, 2.75) is 6.10 Å². The topological polar surface area (TPSA) is 85.2 Å². The molecule has 0 bridgehead atoms. The van der Waals surface area contributed by atoms with Gasteiger partial charge < -0.3 is 20.1 Å². The second-order valence-electron chi connectivity index (χ2n) is 5.10. The Morgan fingerprint density at radius 2 is 1.91 bits per heavy atom. The number of ether oxygens (including phenoxy) is 2. The molecule has 122 valence electrons. The number of amides is 2. The summed E-state index contributed by atoms with van der Waals surface area (Å²) in [6.07, 6.45) is 3.24. The highest BCUT2D eigenvalue weighted by Crippen LogP contribution is 2.26. The van der Waals surface area contributed by atoms with E-state index in [2.05, 4.69) is 13.2 Å². The lowest BCUT2D eigenvalue weighted by Gasteiger charge is -2.21. The number of hydrogen-bond acceptors (Lipinski definition) is 4. The van der Waals surface area contributed by atoms with E-state index in [4.69, 9.17) is 15.2 Å². The molecule has 1 heterocycles. The van der Waals surface area contributed by atoms with Crippen molar-refractivity contribution in [2.24, 2.45) is 5.73 Å². The Bertz CT molecular complexity index is 613. The lowest BCUT2D eigenvalue weighted by Crippen LogP contribution is -2.32. The Balaban J connectivity index is 2.35. The van der Waals surface area contributed by atoms with Gasteiger partial charge in [0.2, 0.25) is 0 Å². The van der Waals surface area contributed by atoms with Gasteiger partial charge >= 0.3 is 0 Å². The molecule has 1 unspecified atom stereocenters. The van der Waals surface area contributed by atoms with Crippen LogP contribution in [0.3, 0.4) is 0 Å². The van der Waals surface area contributed by atoms with Gasteiger partial charge in [0.25, 0.3) is 11.8 Å². The highest BCUT2D eigenvalue weighted by Gasteiger charge is 2.27. The van der Waals surface area contributed by atoms with Crippen molar-refractivity contribution in [2.75, 3.05) is 26.3 Å². The van der Waals surface area contributed by atoms with Gasteiger partial charge in [-0.25, -0.2) is 0 Å². The van der Waals surface area contributed by atoms with Crippen LogP contribution in [-0.4, -0.2) is 49.1 Å². The van der Waals surface area contributed by atoms with Gasteiger partial charge in [0.1, 0.15) is 18.5 Å². The van der Waals surface area contributed by atoms with Crippen LogP contribution in [0.2, 0.25) is 0 Å². The molecule has 6 nitrogen and oxygen atoms in total. The van der Waals surface area contributed by atoms with Gasteiger partial charge in [-0.2, -0.15) is 0 Å². The lowest BCUT2D eigenvalue weighted by atomic mass is 10.1. The zero-order valence-electron chi connectivity index (χ0n) is 12.9. The minimum atomic E-state index is -0.648. The number of rotatable bonds is 9. The molecular formula is C17H20N2O4. The molecule has 0 saturated carbocycles. The zero-order valence-corrected chi connectivity index (χ0v) is 12.9. The van der Waals surface area contributed by atoms with Crippen LogP contribution in [0.5, 0.6) is 5.75 Å². The van der Waals surface area contributed by atoms with E-state index >= 15 is 0 Å². The number of epoxide rings is 1.